The van der Waals surface area contributed by atoms with Crippen molar-refractivity contribution in [1.82, 2.24) is 39.3 Å². The second-order valence-electron chi connectivity index (χ2n) is 12.0. The molecule has 2 saturated heterocycles. The van der Waals surface area contributed by atoms with Gasteiger partial charge in [0.1, 0.15) is 36.3 Å². The summed E-state index contributed by atoms with van der Waals surface area (Å²) in [7, 11) is 2.11. The summed E-state index contributed by atoms with van der Waals surface area (Å²) in [6.07, 6.45) is 10.9. The molecule has 46 heavy (non-hydrogen) atoms. The number of pyridine rings is 2. The van der Waals surface area contributed by atoms with Gasteiger partial charge in [0.15, 0.2) is 23.0 Å². The number of hydrogen-bond acceptors (Lipinski definition) is 11. The Kier molecular flexibility index (Phi) is 7.09. The zero-order chi connectivity index (χ0) is 31.2. The van der Waals surface area contributed by atoms with Crippen molar-refractivity contribution in [3.63, 3.8) is 0 Å². The van der Waals surface area contributed by atoms with Crippen LogP contribution in [0.2, 0.25) is 0 Å². The van der Waals surface area contributed by atoms with Crippen molar-refractivity contribution < 1.29 is 14.3 Å². The van der Waals surface area contributed by atoms with Crippen LogP contribution in [0.5, 0.6) is 17.2 Å². The first-order valence-electron chi connectivity index (χ1n) is 15.6. The van der Waals surface area contributed by atoms with E-state index < -0.39 is 0 Å². The van der Waals surface area contributed by atoms with E-state index >= 15 is 0 Å². The van der Waals surface area contributed by atoms with E-state index in [-0.39, 0.29) is 11.9 Å². The Morgan fingerprint density at radius 2 is 2.02 bits per heavy atom. The molecule has 0 aliphatic carbocycles. The van der Waals surface area contributed by atoms with E-state index in [1.807, 2.05) is 54.4 Å². The Labute approximate surface area is 265 Å². The van der Waals surface area contributed by atoms with Gasteiger partial charge in [-0.1, -0.05) is 6.08 Å². The molecule has 4 aromatic heterocycles. The first kappa shape index (κ1) is 28.2. The van der Waals surface area contributed by atoms with Gasteiger partial charge in [0.25, 0.3) is 0 Å². The highest BCUT2D eigenvalue weighted by Crippen LogP contribution is 2.36. The van der Waals surface area contributed by atoms with Gasteiger partial charge in [-0.2, -0.15) is 5.10 Å². The van der Waals surface area contributed by atoms with Gasteiger partial charge < -0.3 is 24.6 Å². The van der Waals surface area contributed by atoms with Crippen molar-refractivity contribution in [1.29, 1.82) is 0 Å². The zero-order valence-electron chi connectivity index (χ0n) is 25.7. The summed E-state index contributed by atoms with van der Waals surface area (Å²) in [5.41, 5.74) is 3.82. The van der Waals surface area contributed by atoms with Gasteiger partial charge in [-0.05, 0) is 63.2 Å². The molecule has 5 aromatic rings. The van der Waals surface area contributed by atoms with E-state index in [1.165, 1.54) is 19.1 Å². The first-order chi connectivity index (χ1) is 22.5. The van der Waals surface area contributed by atoms with E-state index in [1.54, 1.807) is 10.6 Å². The van der Waals surface area contributed by atoms with Crippen molar-refractivity contribution in [2.75, 3.05) is 50.1 Å². The molecule has 2 bridgehead atoms. The molecule has 0 saturated carbocycles. The number of benzene rings is 1. The number of aromatic nitrogens is 6. The number of hydrogen-bond donors (Lipinski definition) is 1. The van der Waals surface area contributed by atoms with Crippen molar-refractivity contribution in [2.24, 2.45) is 0 Å². The average molecular weight is 619 g/mol. The minimum Gasteiger partial charge on any atom is -0.487 e. The summed E-state index contributed by atoms with van der Waals surface area (Å²) in [5, 5.41) is 7.55. The minimum atomic E-state index is -0.0739. The number of carbonyl (C=O) groups excluding carboxylic acids is 1. The lowest BCUT2D eigenvalue weighted by molar-refractivity contribution is -0.129. The molecule has 8 rings (SSSR count). The van der Waals surface area contributed by atoms with Gasteiger partial charge in [-0.25, -0.2) is 24.5 Å². The molecule has 1 amide bonds. The maximum absolute atomic E-state index is 13.2. The van der Waals surface area contributed by atoms with Crippen LogP contribution in [0, 0.1) is 6.92 Å². The predicted molar refractivity (Wildman–Crippen MR) is 173 cm³/mol. The molecule has 7 heterocycles. The molecule has 0 spiro atoms. The number of nitrogens with one attached hydrogen (secondary N) is 1. The Bertz CT molecular complexity index is 1980. The molecule has 1 aromatic carbocycles. The maximum atomic E-state index is 13.2. The summed E-state index contributed by atoms with van der Waals surface area (Å²) in [6, 6.07) is 11.7. The summed E-state index contributed by atoms with van der Waals surface area (Å²) >= 11 is 0. The second kappa shape index (κ2) is 11.6. The number of fused-ring (bicyclic) bond motifs is 6. The van der Waals surface area contributed by atoms with Crippen molar-refractivity contribution in [3.8, 4) is 17.2 Å². The third kappa shape index (κ3) is 5.32. The van der Waals surface area contributed by atoms with Crippen LogP contribution in [0.1, 0.15) is 18.4 Å². The Morgan fingerprint density at radius 1 is 1.09 bits per heavy atom. The molecule has 3 aliphatic heterocycles. The number of amides is 1. The highest BCUT2D eigenvalue weighted by Gasteiger charge is 2.35. The lowest BCUT2D eigenvalue weighted by Crippen LogP contribution is -2.56. The number of rotatable bonds is 6. The number of likely N-dealkylation sites (N-methyl/N-ethyl adjacent to an activating group) is 1. The highest BCUT2D eigenvalue weighted by atomic mass is 16.5. The fourth-order valence-electron chi connectivity index (χ4n) is 6.48. The maximum Gasteiger partial charge on any atom is 0.246 e. The fourth-order valence-corrected chi connectivity index (χ4v) is 6.48. The number of aryl methyl sites for hydroxylation is 1. The highest BCUT2D eigenvalue weighted by molar-refractivity contribution is 5.91. The quantitative estimate of drug-likeness (QED) is 0.278. The summed E-state index contributed by atoms with van der Waals surface area (Å²) in [4.78, 5) is 37.9. The number of nitrogens with zero attached hydrogens (tertiary/aromatic N) is 9. The molecule has 13 heteroatoms. The molecule has 0 radical (unpaired) electrons. The zero-order valence-corrected chi connectivity index (χ0v) is 25.7. The third-order valence-corrected chi connectivity index (χ3v) is 9.01. The molecule has 0 unspecified atom stereocenters. The lowest BCUT2D eigenvalue weighted by Gasteiger charge is -2.39. The first-order valence-corrected chi connectivity index (χ1v) is 15.6. The monoisotopic (exact) mass is 618 g/mol. The predicted octanol–water partition coefficient (Wildman–Crippen LogP) is 3.97. The van der Waals surface area contributed by atoms with E-state index in [9.17, 15) is 4.79 Å². The Hall–Kier alpha value is -5.30. The van der Waals surface area contributed by atoms with Crippen molar-refractivity contribution in [2.45, 2.75) is 31.8 Å². The van der Waals surface area contributed by atoms with Gasteiger partial charge in [0.05, 0.1) is 11.6 Å². The molecular weight excluding hydrogens is 584 g/mol. The molecule has 234 valence electrons. The van der Waals surface area contributed by atoms with Gasteiger partial charge in [0, 0.05) is 55.8 Å². The van der Waals surface area contributed by atoms with Crippen LogP contribution in [0.3, 0.4) is 0 Å². The minimum absolute atomic E-state index is 0.0399. The van der Waals surface area contributed by atoms with E-state index in [0.717, 1.165) is 35.8 Å². The van der Waals surface area contributed by atoms with E-state index in [0.29, 0.717) is 66.3 Å². The number of likely N-dealkylation sites (tertiary alicyclic amines) is 1. The smallest absolute Gasteiger partial charge is 0.246 e. The number of piperazine rings is 1. The van der Waals surface area contributed by atoms with Crippen LogP contribution < -0.4 is 19.7 Å². The second-order valence-corrected chi connectivity index (χ2v) is 12.0. The third-order valence-electron chi connectivity index (χ3n) is 9.01. The van der Waals surface area contributed by atoms with Gasteiger partial charge >= 0.3 is 0 Å². The largest absolute Gasteiger partial charge is 0.487 e. The fraction of sp³-hybridized carbons (Fsp3) is 0.333. The molecule has 3 aliphatic rings. The summed E-state index contributed by atoms with van der Waals surface area (Å²) < 4.78 is 14.1. The van der Waals surface area contributed by atoms with Crippen LogP contribution in [0.25, 0.3) is 16.7 Å². The van der Waals surface area contributed by atoms with Crippen molar-refractivity contribution in [3.05, 3.63) is 73.0 Å². The normalized spacial score (nSPS) is 19.8. The Morgan fingerprint density at radius 3 is 2.89 bits per heavy atom. The molecule has 13 nitrogen and oxygen atoms in total. The van der Waals surface area contributed by atoms with Gasteiger partial charge in [-0.15, -0.1) is 0 Å². The molecule has 1 N–H and O–H groups in total. The van der Waals surface area contributed by atoms with Crippen LogP contribution >= 0.6 is 0 Å². The molecule has 2 atom stereocenters. The average Bonchev–Trinajstić information content (AvgIpc) is 3.68. The van der Waals surface area contributed by atoms with Crippen LogP contribution in [0.15, 0.2) is 67.4 Å². The summed E-state index contributed by atoms with van der Waals surface area (Å²) in [5.74, 6) is 3.45. The number of ether oxygens (including phenoxy) is 2. The van der Waals surface area contributed by atoms with Crippen molar-refractivity contribution >= 4 is 39.9 Å². The van der Waals surface area contributed by atoms with Crippen LogP contribution in [-0.2, 0) is 4.79 Å². The van der Waals surface area contributed by atoms with E-state index in [4.69, 9.17) is 14.5 Å². The number of carbonyl (C=O) groups is 1. The standard InChI is InChI=1S/C33H34N10O3/c1-21-14-22(5-7-27(21)46-25-9-11-43-29(15-25)35-20-37-43)38-32-31-26(34-19-36-32)16-28-33(39-31)41-12-13-42(24(17-41)18-45-28)30(44)8-6-23-4-3-10-40(23)2/h5-9,11,14-16,19-20,23-24H,3-4,10,12-13,17-18H2,1-2H3,(H,34,36,38)/b8-6+/t23-,24+/m1/s1. The summed E-state index contributed by atoms with van der Waals surface area (Å²) in [6.45, 7) is 5.38. The molecule has 2 fully saturated rings. The van der Waals surface area contributed by atoms with Crippen LogP contribution in [-0.4, -0.2) is 97.2 Å². The lowest BCUT2D eigenvalue weighted by atomic mass is 10.1. The topological polar surface area (TPSA) is 126 Å². The number of anilines is 3. The Balaban J connectivity index is 1.00. The molecular formula is C33H34N10O3. The van der Waals surface area contributed by atoms with Gasteiger partial charge in [-0.3, -0.25) is 9.69 Å². The van der Waals surface area contributed by atoms with Crippen LogP contribution in [0.4, 0.5) is 17.3 Å². The SMILES string of the molecule is Cc1cc(Nc2ncnc3cc4c(nc23)N2CCN(C(=O)/C=C/[C@H]3CCCN3C)[C@H](CO4)C2)ccc1Oc1ccn2ncnc2c1. The van der Waals surface area contributed by atoms with Gasteiger partial charge in [0.2, 0.25) is 5.91 Å². The van der Waals surface area contributed by atoms with E-state index in [2.05, 4.69) is 48.3 Å².